The van der Waals surface area contributed by atoms with Gasteiger partial charge in [-0.2, -0.15) is 13.2 Å². The number of alkyl halides is 3. The third-order valence-electron chi connectivity index (χ3n) is 8.74. The number of carbonyl (C=O) groups is 2. The Hall–Kier alpha value is -4.36. The van der Waals surface area contributed by atoms with Crippen LogP contribution in [0.5, 0.6) is 17.2 Å². The van der Waals surface area contributed by atoms with Crippen LogP contribution in [0.2, 0.25) is 0 Å². The van der Waals surface area contributed by atoms with Gasteiger partial charge in [0.1, 0.15) is 29.2 Å². The number of urea groups is 1. The summed E-state index contributed by atoms with van der Waals surface area (Å²) in [7, 11) is 0. The zero-order chi connectivity index (χ0) is 30.6. The number of rotatable bonds is 7. The van der Waals surface area contributed by atoms with Crippen LogP contribution in [0.25, 0.3) is 0 Å². The normalized spacial score (nSPS) is 22.5. The molecule has 1 aromatic heterocycles. The molecule has 3 aliphatic heterocycles. The van der Waals surface area contributed by atoms with E-state index in [0.717, 1.165) is 31.3 Å². The highest BCUT2D eigenvalue weighted by Gasteiger charge is 2.59. The first-order chi connectivity index (χ1) is 21.2. The van der Waals surface area contributed by atoms with Crippen molar-refractivity contribution in [2.45, 2.75) is 44.3 Å². The number of hydrogen-bond donors (Lipinski definition) is 3. The van der Waals surface area contributed by atoms with Gasteiger partial charge >= 0.3 is 12.2 Å². The first-order valence-corrected chi connectivity index (χ1v) is 14.6. The maximum Gasteiger partial charge on any atom is 0.416 e. The molecule has 0 spiro atoms. The zero-order valence-corrected chi connectivity index (χ0v) is 23.9. The highest BCUT2D eigenvalue weighted by atomic mass is 19.4. The van der Waals surface area contributed by atoms with E-state index in [9.17, 15) is 22.8 Å². The minimum atomic E-state index is -4.58. The quantitative estimate of drug-likeness (QED) is 0.367. The van der Waals surface area contributed by atoms with E-state index in [2.05, 4.69) is 32.8 Å². The van der Waals surface area contributed by atoms with Crippen LogP contribution in [-0.2, 0) is 19.3 Å². The summed E-state index contributed by atoms with van der Waals surface area (Å²) in [5.74, 6) is 1.45. The average molecular weight is 609 g/mol. The number of aromatic nitrogens is 1. The van der Waals surface area contributed by atoms with Crippen LogP contribution >= 0.6 is 0 Å². The summed E-state index contributed by atoms with van der Waals surface area (Å²) >= 11 is 0. The number of likely N-dealkylation sites (N-methyl/N-ethyl adjacent to an activating group) is 1. The molecule has 1 aliphatic carbocycles. The van der Waals surface area contributed by atoms with E-state index in [1.54, 1.807) is 24.4 Å². The zero-order valence-electron chi connectivity index (χ0n) is 23.9. The lowest BCUT2D eigenvalue weighted by molar-refractivity contribution is -0.138. The summed E-state index contributed by atoms with van der Waals surface area (Å²) in [6.45, 7) is 6.50. The van der Waals surface area contributed by atoms with Crippen molar-refractivity contribution in [3.8, 4) is 17.2 Å². The van der Waals surface area contributed by atoms with Crippen molar-refractivity contribution in [3.63, 3.8) is 0 Å². The predicted molar refractivity (Wildman–Crippen MR) is 154 cm³/mol. The molecule has 10 nitrogen and oxygen atoms in total. The molecule has 2 aromatic carbocycles. The topological polar surface area (TPSA) is 108 Å². The molecule has 44 heavy (non-hydrogen) atoms. The number of hydrogen-bond acceptors (Lipinski definition) is 7. The lowest BCUT2D eigenvalue weighted by atomic mass is 10.0. The van der Waals surface area contributed by atoms with Crippen LogP contribution in [0.3, 0.4) is 0 Å². The Morgan fingerprint density at radius 1 is 1.11 bits per heavy atom. The Bertz CT molecular complexity index is 1620. The number of piperazine rings is 1. The van der Waals surface area contributed by atoms with Crippen LogP contribution in [0.1, 0.15) is 45.5 Å². The van der Waals surface area contributed by atoms with E-state index in [-0.39, 0.29) is 48.3 Å². The largest absolute Gasteiger partial charge is 0.487 e. The van der Waals surface area contributed by atoms with Crippen molar-refractivity contribution >= 4 is 17.8 Å². The molecule has 13 heteroatoms. The Kier molecular flexibility index (Phi) is 7.08. The molecule has 1 saturated carbocycles. The molecular formula is C31H31F3N6O4. The van der Waals surface area contributed by atoms with Gasteiger partial charge in [0.25, 0.3) is 5.91 Å². The van der Waals surface area contributed by atoms with Gasteiger partial charge < -0.3 is 25.0 Å². The van der Waals surface area contributed by atoms with Gasteiger partial charge in [0.2, 0.25) is 0 Å². The standard InChI is InChI=1S/C31H31F3N6O4/c1-2-39-9-11-40(12-10-39)16-18-4-3-17(13-22(18)31(32,33)34)29(41)37-26-25-20-14-19(5-6-23(20)44-27(25)26)43-24-7-8-35-28-21(24)15-36-30(42)38-28/h3-8,13-14,25-27H,2,9-12,15-16H2,1H3,(H,37,41)(H2,35,36,38,42)/t25-,26+,27-/m0/s1. The second kappa shape index (κ2) is 11.0. The smallest absolute Gasteiger partial charge is 0.416 e. The van der Waals surface area contributed by atoms with Crippen molar-refractivity contribution in [2.24, 2.45) is 0 Å². The summed E-state index contributed by atoms with van der Waals surface area (Å²) < 4.78 is 54.4. The molecule has 3 N–H and O–H groups in total. The molecule has 230 valence electrons. The van der Waals surface area contributed by atoms with Gasteiger partial charge in [-0.3, -0.25) is 15.0 Å². The third-order valence-corrected chi connectivity index (χ3v) is 8.74. The number of nitrogens with zero attached hydrogens (tertiary/aromatic N) is 3. The van der Waals surface area contributed by atoms with Crippen molar-refractivity contribution in [2.75, 3.05) is 38.0 Å². The summed E-state index contributed by atoms with van der Waals surface area (Å²) in [5.41, 5.74) is 0.904. The maximum atomic E-state index is 14.1. The summed E-state index contributed by atoms with van der Waals surface area (Å²) in [6.07, 6.45) is -3.34. The molecule has 2 fully saturated rings. The van der Waals surface area contributed by atoms with Crippen LogP contribution in [-0.4, -0.2) is 71.6 Å². The van der Waals surface area contributed by atoms with Crippen molar-refractivity contribution in [1.29, 1.82) is 0 Å². The van der Waals surface area contributed by atoms with Crippen molar-refractivity contribution in [1.82, 2.24) is 25.4 Å². The number of anilines is 1. The Morgan fingerprint density at radius 3 is 2.68 bits per heavy atom. The molecule has 0 radical (unpaired) electrons. The summed E-state index contributed by atoms with van der Waals surface area (Å²) in [4.78, 5) is 33.2. The van der Waals surface area contributed by atoms with Crippen molar-refractivity contribution < 1.29 is 32.2 Å². The average Bonchev–Trinajstić information content (AvgIpc) is 3.53. The fourth-order valence-corrected chi connectivity index (χ4v) is 6.23. The highest BCUT2D eigenvalue weighted by Crippen LogP contribution is 2.54. The van der Waals surface area contributed by atoms with Crippen LogP contribution in [0.4, 0.5) is 23.8 Å². The lowest BCUT2D eigenvalue weighted by Crippen LogP contribution is -2.45. The fraction of sp³-hybridized carbons (Fsp3) is 0.387. The van der Waals surface area contributed by atoms with Crippen molar-refractivity contribution in [3.05, 3.63) is 76.5 Å². The maximum absolute atomic E-state index is 14.1. The summed E-state index contributed by atoms with van der Waals surface area (Å²) in [6, 6.07) is 10.2. The second-order valence-corrected chi connectivity index (χ2v) is 11.4. The van der Waals surface area contributed by atoms with Gasteiger partial charge in [0.05, 0.1) is 29.6 Å². The first kappa shape index (κ1) is 28.4. The molecule has 4 aliphatic rings. The molecule has 0 bridgehead atoms. The van der Waals surface area contributed by atoms with E-state index in [1.165, 1.54) is 12.1 Å². The van der Waals surface area contributed by atoms with Gasteiger partial charge in [-0.1, -0.05) is 13.0 Å². The third kappa shape index (κ3) is 5.41. The molecule has 3 atom stereocenters. The molecular weight excluding hydrogens is 577 g/mol. The second-order valence-electron chi connectivity index (χ2n) is 11.4. The minimum absolute atomic E-state index is 0.0395. The van der Waals surface area contributed by atoms with Gasteiger partial charge in [-0.05, 0) is 48.5 Å². The van der Waals surface area contributed by atoms with Crippen LogP contribution < -0.4 is 25.4 Å². The highest BCUT2D eigenvalue weighted by molar-refractivity contribution is 5.95. The van der Waals surface area contributed by atoms with E-state index in [1.807, 2.05) is 11.0 Å². The van der Waals surface area contributed by atoms with E-state index in [4.69, 9.17) is 9.47 Å². The molecule has 3 amide bonds. The molecule has 3 aromatic rings. The summed E-state index contributed by atoms with van der Waals surface area (Å²) in [5, 5.41) is 8.22. The predicted octanol–water partition coefficient (Wildman–Crippen LogP) is 4.32. The van der Waals surface area contributed by atoms with E-state index < -0.39 is 17.6 Å². The Balaban J connectivity index is 1.03. The lowest BCUT2D eigenvalue weighted by Gasteiger charge is -2.34. The SMILES string of the molecule is CCN1CCN(Cc2ccc(C(=O)N[C@H]3[C@H]4Oc5ccc(Oc6ccnc7c6CNC(=O)N7)cc5[C@@H]34)cc2C(F)(F)F)CC1. The number of fused-ring (bicyclic) bond motifs is 4. The fourth-order valence-electron chi connectivity index (χ4n) is 6.23. The Labute approximate surface area is 251 Å². The van der Waals surface area contributed by atoms with E-state index in [0.29, 0.717) is 41.7 Å². The number of halogens is 3. The number of benzene rings is 2. The van der Waals surface area contributed by atoms with Gasteiger partial charge in [-0.15, -0.1) is 0 Å². The number of nitrogens with one attached hydrogen (secondary N) is 3. The number of pyridine rings is 1. The van der Waals surface area contributed by atoms with Crippen LogP contribution in [0, 0.1) is 0 Å². The minimum Gasteiger partial charge on any atom is -0.487 e. The van der Waals surface area contributed by atoms with Gasteiger partial charge in [-0.25, -0.2) is 9.78 Å². The molecule has 7 rings (SSSR count). The first-order valence-electron chi connectivity index (χ1n) is 14.6. The molecule has 0 unspecified atom stereocenters. The van der Waals surface area contributed by atoms with Gasteiger partial charge in [0, 0.05) is 50.0 Å². The monoisotopic (exact) mass is 608 g/mol. The van der Waals surface area contributed by atoms with E-state index >= 15 is 0 Å². The number of amides is 3. The molecule has 4 heterocycles. The number of ether oxygens (including phenoxy) is 2. The molecule has 1 saturated heterocycles. The van der Waals surface area contributed by atoms with Crippen LogP contribution in [0.15, 0.2) is 48.7 Å². The van der Waals surface area contributed by atoms with Gasteiger partial charge in [0.15, 0.2) is 0 Å². The Morgan fingerprint density at radius 2 is 1.91 bits per heavy atom. The number of carbonyl (C=O) groups excluding carboxylic acids is 2.